The number of hydrogen-bond acceptors (Lipinski definition) is 3. The lowest BCUT2D eigenvalue weighted by atomic mass is 9.98. The van der Waals surface area contributed by atoms with Gasteiger partial charge in [-0.1, -0.05) is 12.1 Å². The molecule has 0 aromatic heterocycles. The second-order valence-electron chi connectivity index (χ2n) is 5.98. The summed E-state index contributed by atoms with van der Waals surface area (Å²) in [5.41, 5.74) is 3.19. The van der Waals surface area contributed by atoms with Crippen LogP contribution >= 0.6 is 0 Å². The number of anilines is 1. The van der Waals surface area contributed by atoms with Crippen LogP contribution < -0.4 is 5.32 Å². The van der Waals surface area contributed by atoms with Gasteiger partial charge >= 0.3 is 0 Å². The van der Waals surface area contributed by atoms with Gasteiger partial charge in [0, 0.05) is 32.2 Å². The van der Waals surface area contributed by atoms with Gasteiger partial charge in [0.25, 0.3) is 5.91 Å². The molecule has 0 spiro atoms. The van der Waals surface area contributed by atoms with E-state index in [-0.39, 0.29) is 11.9 Å². The summed E-state index contributed by atoms with van der Waals surface area (Å²) in [4.78, 5) is 17.2. The van der Waals surface area contributed by atoms with Crippen molar-refractivity contribution < 1.29 is 4.79 Å². The van der Waals surface area contributed by atoms with Crippen molar-refractivity contribution in [3.8, 4) is 0 Å². The molecule has 4 heteroatoms. The fourth-order valence-corrected chi connectivity index (χ4v) is 3.28. The van der Waals surface area contributed by atoms with Gasteiger partial charge < -0.3 is 15.1 Å². The molecule has 2 aliphatic rings. The van der Waals surface area contributed by atoms with E-state index in [1.165, 1.54) is 5.56 Å². The molecule has 20 heavy (non-hydrogen) atoms. The monoisotopic (exact) mass is 273 g/mol. The van der Waals surface area contributed by atoms with Gasteiger partial charge in [-0.15, -0.1) is 0 Å². The van der Waals surface area contributed by atoms with Crippen molar-refractivity contribution in [2.45, 2.75) is 25.8 Å². The molecule has 0 bridgehead atoms. The Morgan fingerprint density at radius 3 is 3.00 bits per heavy atom. The van der Waals surface area contributed by atoms with Crippen LogP contribution in [0.1, 0.15) is 29.3 Å². The highest BCUT2D eigenvalue weighted by Gasteiger charge is 2.28. The van der Waals surface area contributed by atoms with Crippen LogP contribution in [0.3, 0.4) is 0 Å². The van der Waals surface area contributed by atoms with Gasteiger partial charge in [0.1, 0.15) is 0 Å². The molecule has 0 aliphatic carbocycles. The van der Waals surface area contributed by atoms with Crippen molar-refractivity contribution in [2.75, 3.05) is 38.5 Å². The van der Waals surface area contributed by atoms with Gasteiger partial charge in [0.2, 0.25) is 0 Å². The van der Waals surface area contributed by atoms with Crippen molar-refractivity contribution in [2.24, 2.45) is 0 Å². The number of hydrogen-bond donors (Lipinski definition) is 1. The molecule has 3 rings (SSSR count). The molecular weight excluding hydrogens is 250 g/mol. The summed E-state index contributed by atoms with van der Waals surface area (Å²) in [5, 5.41) is 3.42. The summed E-state index contributed by atoms with van der Waals surface area (Å²) in [6.07, 6.45) is 2.22. The third-order valence-corrected chi connectivity index (χ3v) is 4.40. The summed E-state index contributed by atoms with van der Waals surface area (Å²) in [7, 11) is 2.12. The quantitative estimate of drug-likeness (QED) is 0.848. The lowest BCUT2D eigenvalue weighted by Crippen LogP contribution is -2.52. The lowest BCUT2D eigenvalue weighted by Gasteiger charge is -2.38. The minimum atomic E-state index is 0.178. The van der Waals surface area contributed by atoms with E-state index in [0.717, 1.165) is 50.3 Å². The molecule has 1 N–H and O–H groups in total. The van der Waals surface area contributed by atoms with Crippen LogP contribution in [-0.4, -0.2) is 55.0 Å². The maximum absolute atomic E-state index is 12.9. The third kappa shape index (κ3) is 2.40. The number of carbonyl (C=O) groups is 1. The summed E-state index contributed by atoms with van der Waals surface area (Å²) in [6, 6.07) is 6.39. The number of likely N-dealkylation sites (N-methyl/N-ethyl adjacent to an activating group) is 1. The van der Waals surface area contributed by atoms with E-state index in [1.54, 1.807) is 0 Å². The van der Waals surface area contributed by atoms with Gasteiger partial charge in [-0.2, -0.15) is 0 Å². The van der Waals surface area contributed by atoms with Gasteiger partial charge in [-0.3, -0.25) is 4.79 Å². The van der Waals surface area contributed by atoms with Gasteiger partial charge in [-0.05, 0) is 38.4 Å². The number of piperazine rings is 1. The van der Waals surface area contributed by atoms with Crippen molar-refractivity contribution in [3.05, 3.63) is 29.3 Å². The molecule has 1 aromatic carbocycles. The normalized spacial score (nSPS) is 23.1. The topological polar surface area (TPSA) is 35.6 Å². The number of carbonyl (C=O) groups excluding carboxylic acids is 1. The van der Waals surface area contributed by atoms with E-state index in [1.807, 2.05) is 17.0 Å². The zero-order valence-electron chi connectivity index (χ0n) is 12.4. The molecule has 0 radical (unpaired) electrons. The van der Waals surface area contributed by atoms with Gasteiger partial charge in [0.05, 0.1) is 11.3 Å². The zero-order chi connectivity index (χ0) is 14.1. The van der Waals surface area contributed by atoms with Crippen molar-refractivity contribution in [3.63, 3.8) is 0 Å². The molecule has 1 atom stereocenters. The van der Waals surface area contributed by atoms with E-state index in [2.05, 4.69) is 30.3 Å². The number of nitrogens with one attached hydrogen (secondary N) is 1. The predicted octanol–water partition coefficient (Wildman–Crippen LogP) is 1.82. The van der Waals surface area contributed by atoms with Crippen molar-refractivity contribution in [1.29, 1.82) is 0 Å². The average molecular weight is 273 g/mol. The van der Waals surface area contributed by atoms with Crippen LogP contribution in [0.5, 0.6) is 0 Å². The van der Waals surface area contributed by atoms with Crippen molar-refractivity contribution >= 4 is 11.6 Å². The smallest absolute Gasteiger partial charge is 0.256 e. The summed E-state index contributed by atoms with van der Waals surface area (Å²) in [5.74, 6) is 0.178. The Bertz CT molecular complexity index is 514. The van der Waals surface area contributed by atoms with E-state index in [4.69, 9.17) is 0 Å². The van der Waals surface area contributed by atoms with E-state index >= 15 is 0 Å². The molecule has 1 amide bonds. The standard InChI is InChI=1S/C16H23N3O/c1-12-11-18(2)9-10-19(12)16(20)14-7-3-5-13-6-4-8-17-15(13)14/h3,5,7,12,17H,4,6,8-11H2,1-2H3. The molecule has 2 aliphatic heterocycles. The Kier molecular flexibility index (Phi) is 3.66. The van der Waals surface area contributed by atoms with E-state index in [9.17, 15) is 4.79 Å². The summed E-state index contributed by atoms with van der Waals surface area (Å²) >= 11 is 0. The molecule has 108 valence electrons. The minimum absolute atomic E-state index is 0.178. The summed E-state index contributed by atoms with van der Waals surface area (Å²) < 4.78 is 0. The Morgan fingerprint density at radius 1 is 1.35 bits per heavy atom. The Hall–Kier alpha value is -1.55. The highest BCUT2D eigenvalue weighted by molar-refractivity contribution is 6.00. The number of benzene rings is 1. The first-order chi connectivity index (χ1) is 9.66. The minimum Gasteiger partial charge on any atom is -0.384 e. The second-order valence-corrected chi connectivity index (χ2v) is 5.98. The van der Waals surface area contributed by atoms with Crippen LogP contribution in [0.25, 0.3) is 0 Å². The Balaban J connectivity index is 1.87. The average Bonchev–Trinajstić information content (AvgIpc) is 2.46. The molecule has 4 nitrogen and oxygen atoms in total. The number of fused-ring (bicyclic) bond motifs is 1. The van der Waals surface area contributed by atoms with Crippen molar-refractivity contribution in [1.82, 2.24) is 9.80 Å². The first-order valence-corrected chi connectivity index (χ1v) is 7.52. The van der Waals surface area contributed by atoms with Gasteiger partial charge in [0.15, 0.2) is 0 Å². The zero-order valence-corrected chi connectivity index (χ0v) is 12.4. The van der Waals surface area contributed by atoms with E-state index < -0.39 is 0 Å². The first kappa shape index (κ1) is 13.4. The Morgan fingerprint density at radius 2 is 2.20 bits per heavy atom. The highest BCUT2D eigenvalue weighted by Crippen LogP contribution is 2.27. The van der Waals surface area contributed by atoms with Crippen LogP contribution in [-0.2, 0) is 6.42 Å². The summed E-state index contributed by atoms with van der Waals surface area (Å²) in [6.45, 7) is 5.83. The SMILES string of the molecule is CC1CN(C)CCN1C(=O)c1cccc2c1NCCC2. The van der Waals surface area contributed by atoms with E-state index in [0.29, 0.717) is 0 Å². The molecule has 1 unspecified atom stereocenters. The molecule has 2 heterocycles. The molecule has 1 fully saturated rings. The Labute approximate surface area is 120 Å². The number of nitrogens with zero attached hydrogens (tertiary/aromatic N) is 2. The third-order valence-electron chi connectivity index (χ3n) is 4.40. The number of para-hydroxylation sites is 1. The van der Waals surface area contributed by atoms with Crippen LogP contribution in [0.4, 0.5) is 5.69 Å². The fourth-order valence-electron chi connectivity index (χ4n) is 3.28. The first-order valence-electron chi connectivity index (χ1n) is 7.52. The molecule has 1 saturated heterocycles. The fraction of sp³-hybridized carbons (Fsp3) is 0.562. The molecule has 1 aromatic rings. The van der Waals surface area contributed by atoms with Gasteiger partial charge in [-0.25, -0.2) is 0 Å². The van der Waals surface area contributed by atoms with Crippen LogP contribution in [0, 0.1) is 0 Å². The maximum atomic E-state index is 12.9. The number of aryl methyl sites for hydroxylation is 1. The second kappa shape index (κ2) is 5.44. The van der Waals surface area contributed by atoms with Crippen LogP contribution in [0.15, 0.2) is 18.2 Å². The lowest BCUT2D eigenvalue weighted by molar-refractivity contribution is 0.0534. The predicted molar refractivity (Wildman–Crippen MR) is 81.2 cm³/mol. The maximum Gasteiger partial charge on any atom is 0.256 e. The highest BCUT2D eigenvalue weighted by atomic mass is 16.2. The largest absolute Gasteiger partial charge is 0.384 e. The molecule has 0 saturated carbocycles. The number of amides is 1. The number of rotatable bonds is 1. The van der Waals surface area contributed by atoms with Crippen LogP contribution in [0.2, 0.25) is 0 Å². The molecular formula is C16H23N3O.